The number of aldehydes is 1. The summed E-state index contributed by atoms with van der Waals surface area (Å²) in [6.07, 6.45) is -6.84. The van der Waals surface area contributed by atoms with Gasteiger partial charge in [-0.3, -0.25) is 0 Å². The van der Waals surface area contributed by atoms with Gasteiger partial charge in [0.1, 0.15) is 24.4 Å². The van der Waals surface area contributed by atoms with Crippen LogP contribution in [0.3, 0.4) is 0 Å². The molecule has 0 aliphatic rings. The van der Waals surface area contributed by atoms with Crippen LogP contribution in [0.1, 0.15) is 7.13 Å². The summed E-state index contributed by atoms with van der Waals surface area (Å²) < 4.78 is 0. The Morgan fingerprint density at radius 1 is 1.13 bits per heavy atom. The molecule has 6 nitrogen and oxygen atoms in total. The maximum Gasteiger partial charge on any atom is 2.00 e. The fourth-order valence-corrected chi connectivity index (χ4v) is 0.618. The molecule has 5 N–H and O–H groups in total. The largest absolute Gasteiger partial charge is 2.00 e. The topological polar surface area (TPSA) is 118 Å². The predicted molar refractivity (Wildman–Crippen MR) is 54.2 cm³/mol. The van der Waals surface area contributed by atoms with Crippen LogP contribution in [-0.4, -0.2) is 124 Å². The third kappa shape index (κ3) is 10.7. The van der Waals surface area contributed by atoms with Crippen molar-refractivity contribution in [2.75, 3.05) is 6.61 Å². The molecular formula is C6H17CaKMgO6. The van der Waals surface area contributed by atoms with E-state index < -0.39 is 31.0 Å². The summed E-state index contributed by atoms with van der Waals surface area (Å²) in [4.78, 5) is 9.90. The summed E-state index contributed by atoms with van der Waals surface area (Å²) in [5.41, 5.74) is 0. The van der Waals surface area contributed by atoms with E-state index in [1.54, 1.807) is 0 Å². The second kappa shape index (κ2) is 15.2. The van der Waals surface area contributed by atoms with E-state index in [1.165, 1.54) is 0 Å². The molecule has 0 aromatic rings. The van der Waals surface area contributed by atoms with E-state index in [2.05, 4.69) is 0 Å². The number of carbonyl (C=O) groups is 1. The Kier molecular flexibility index (Phi) is 27.0. The van der Waals surface area contributed by atoms with Crippen LogP contribution in [0.4, 0.5) is 0 Å². The monoisotopic (exact) mass is 288 g/mol. The Bertz CT molecular complexity index is 170. The second-order valence-corrected chi connectivity index (χ2v) is 2.36. The SMILES string of the molecule is O=C[C@H](O)[C@@H](O)[C@H](O)[C@H](O)CO.[Ca+2].[H-].[H-].[H-].[H-].[H-].[K+].[Mg+2]. The summed E-state index contributed by atoms with van der Waals surface area (Å²) in [7, 11) is 0. The Labute approximate surface area is 183 Å². The molecule has 0 amide bonds. The molecule has 0 saturated heterocycles. The number of hydrogen-bond acceptors (Lipinski definition) is 6. The van der Waals surface area contributed by atoms with Crippen molar-refractivity contribution in [1.29, 1.82) is 0 Å². The van der Waals surface area contributed by atoms with E-state index in [4.69, 9.17) is 25.5 Å². The molecule has 0 aliphatic carbocycles. The first-order valence-electron chi connectivity index (χ1n) is 3.33. The molecule has 9 heteroatoms. The molecule has 0 heterocycles. The van der Waals surface area contributed by atoms with Gasteiger partial charge < -0.3 is 37.5 Å². The van der Waals surface area contributed by atoms with Crippen LogP contribution in [0.5, 0.6) is 0 Å². The number of hydrogen-bond donors (Lipinski definition) is 5. The fraction of sp³-hybridized carbons (Fsp3) is 0.833. The molecule has 0 spiro atoms. The molecule has 0 unspecified atom stereocenters. The Balaban J connectivity index is -0.0000000216. The smallest absolute Gasteiger partial charge is 1.00 e. The summed E-state index contributed by atoms with van der Waals surface area (Å²) in [6.45, 7) is -0.760. The zero-order chi connectivity index (χ0) is 9.72. The molecule has 0 aromatic carbocycles. The van der Waals surface area contributed by atoms with Gasteiger partial charge in [-0.05, 0) is 0 Å². The van der Waals surface area contributed by atoms with Gasteiger partial charge in [-0.25, -0.2) is 0 Å². The minimum atomic E-state index is -1.79. The van der Waals surface area contributed by atoms with E-state index in [-0.39, 0.29) is 126 Å². The van der Waals surface area contributed by atoms with Crippen LogP contribution in [0.2, 0.25) is 0 Å². The molecule has 0 aromatic heterocycles. The first-order valence-corrected chi connectivity index (χ1v) is 3.33. The average Bonchev–Trinajstić information content (AvgIpc) is 2.12. The van der Waals surface area contributed by atoms with E-state index in [9.17, 15) is 4.79 Å². The molecule has 0 fully saturated rings. The number of carbonyl (C=O) groups excluding carboxylic acids is 1. The van der Waals surface area contributed by atoms with Crippen LogP contribution in [-0.2, 0) is 4.79 Å². The Hall–Kier alpha value is 3.13. The van der Waals surface area contributed by atoms with E-state index in [1.807, 2.05) is 0 Å². The molecule has 0 aliphatic heterocycles. The van der Waals surface area contributed by atoms with Crippen molar-refractivity contribution in [2.24, 2.45) is 0 Å². The molecule has 15 heavy (non-hydrogen) atoms. The third-order valence-electron chi connectivity index (χ3n) is 1.42. The van der Waals surface area contributed by atoms with Gasteiger partial charge in [0.25, 0.3) is 0 Å². The van der Waals surface area contributed by atoms with Crippen LogP contribution in [0.15, 0.2) is 0 Å². The van der Waals surface area contributed by atoms with Gasteiger partial charge in [-0.2, -0.15) is 0 Å². The van der Waals surface area contributed by atoms with Crippen LogP contribution >= 0.6 is 0 Å². The normalized spacial score (nSPS) is 16.9. The molecule has 0 bridgehead atoms. The van der Waals surface area contributed by atoms with Crippen molar-refractivity contribution in [3.8, 4) is 0 Å². The van der Waals surface area contributed by atoms with E-state index in [0.717, 1.165) is 0 Å². The van der Waals surface area contributed by atoms with Gasteiger partial charge in [0, 0.05) is 0 Å². The zero-order valence-corrected chi connectivity index (χ0v) is 15.4. The Morgan fingerprint density at radius 3 is 1.80 bits per heavy atom. The second-order valence-electron chi connectivity index (χ2n) is 2.36. The molecule has 0 saturated carbocycles. The van der Waals surface area contributed by atoms with Gasteiger partial charge in [-0.15, -0.1) is 0 Å². The number of rotatable bonds is 5. The van der Waals surface area contributed by atoms with Crippen molar-refractivity contribution in [3.63, 3.8) is 0 Å². The third-order valence-corrected chi connectivity index (χ3v) is 1.42. The molecule has 4 atom stereocenters. The average molecular weight is 289 g/mol. The summed E-state index contributed by atoms with van der Waals surface area (Å²) in [6, 6.07) is 0. The van der Waals surface area contributed by atoms with Gasteiger partial charge in [0.2, 0.25) is 0 Å². The first kappa shape index (κ1) is 26.6. The zero-order valence-electron chi connectivity index (χ0n) is 13.7. The van der Waals surface area contributed by atoms with Crippen LogP contribution in [0.25, 0.3) is 0 Å². The first-order chi connectivity index (χ1) is 5.54. The van der Waals surface area contributed by atoms with E-state index >= 15 is 0 Å². The van der Waals surface area contributed by atoms with Crippen molar-refractivity contribution in [3.05, 3.63) is 0 Å². The van der Waals surface area contributed by atoms with Crippen molar-refractivity contribution < 1.29 is 88.8 Å². The minimum absolute atomic E-state index is 0. The molecule has 0 radical (unpaired) electrons. The van der Waals surface area contributed by atoms with Crippen molar-refractivity contribution >= 4 is 67.1 Å². The van der Waals surface area contributed by atoms with E-state index in [0.29, 0.717) is 0 Å². The van der Waals surface area contributed by atoms with Gasteiger partial charge in [-0.1, -0.05) is 0 Å². The predicted octanol–water partition coefficient (Wildman–Crippen LogP) is -6.57. The molecular weight excluding hydrogens is 272 g/mol. The van der Waals surface area contributed by atoms with Crippen molar-refractivity contribution in [2.45, 2.75) is 24.4 Å². The summed E-state index contributed by atoms with van der Waals surface area (Å²) in [5.74, 6) is 0. The summed E-state index contributed by atoms with van der Waals surface area (Å²) >= 11 is 0. The molecule has 82 valence electrons. The number of aliphatic hydroxyl groups is 5. The standard InChI is InChI=1S/C6H12O6.Ca.K.Mg.5H/c7-1-3(9)5(11)6(12)4(10)2-8;;;;;;;;/h1,3-6,8-12H,2H2;;;;;;;;/q;+2;+1;+2;5*-1/t3-,4+,5+,6+;;;;;;;;/m0......../s1. The molecule has 0 rings (SSSR count). The Morgan fingerprint density at radius 2 is 1.53 bits per heavy atom. The van der Waals surface area contributed by atoms with Crippen LogP contribution in [0, 0.1) is 0 Å². The minimum Gasteiger partial charge on any atom is -1.00 e. The van der Waals surface area contributed by atoms with Crippen LogP contribution < -0.4 is 51.4 Å². The van der Waals surface area contributed by atoms with Gasteiger partial charge in [0.05, 0.1) is 6.61 Å². The number of aliphatic hydroxyl groups excluding tert-OH is 5. The van der Waals surface area contributed by atoms with Gasteiger partial charge in [0.15, 0.2) is 6.29 Å². The van der Waals surface area contributed by atoms with Gasteiger partial charge >= 0.3 is 112 Å². The maximum absolute atomic E-state index is 9.90. The maximum atomic E-state index is 9.90. The fourth-order valence-electron chi connectivity index (χ4n) is 0.618. The quantitative estimate of drug-likeness (QED) is 0.254. The van der Waals surface area contributed by atoms with Crippen molar-refractivity contribution in [1.82, 2.24) is 0 Å². The summed E-state index contributed by atoms with van der Waals surface area (Å²) in [5, 5.41) is 43.5.